The van der Waals surface area contributed by atoms with Crippen molar-refractivity contribution in [1.29, 1.82) is 0 Å². The van der Waals surface area contributed by atoms with E-state index in [4.69, 9.17) is 9.47 Å². The van der Waals surface area contributed by atoms with Crippen molar-refractivity contribution in [1.82, 2.24) is 0 Å². The monoisotopic (exact) mass is 390 g/mol. The van der Waals surface area contributed by atoms with E-state index in [0.717, 1.165) is 28.4 Å². The number of rotatable bonds is 10. The van der Waals surface area contributed by atoms with Gasteiger partial charge in [0.25, 0.3) is 0 Å². The molecular formula is C24H26N2O3. The number of benzene rings is 3. The molecule has 0 radical (unpaired) electrons. The number of nitrogens with one attached hydrogen (secondary N) is 2. The molecule has 0 spiro atoms. The molecule has 0 heterocycles. The molecule has 2 N–H and O–H groups in total. The molecule has 3 aromatic rings. The smallest absolute Gasteiger partial charge is 0.226 e. The van der Waals surface area contributed by atoms with Gasteiger partial charge in [-0.15, -0.1) is 0 Å². The molecule has 0 fully saturated rings. The first-order valence-corrected chi connectivity index (χ1v) is 9.76. The van der Waals surface area contributed by atoms with Crippen molar-refractivity contribution in [3.05, 3.63) is 84.4 Å². The molecule has 0 aliphatic heterocycles. The highest BCUT2D eigenvalue weighted by molar-refractivity contribution is 5.91. The topological polar surface area (TPSA) is 59.6 Å². The van der Waals surface area contributed by atoms with Gasteiger partial charge >= 0.3 is 0 Å². The van der Waals surface area contributed by atoms with E-state index in [-0.39, 0.29) is 5.91 Å². The van der Waals surface area contributed by atoms with Crippen LogP contribution in [0.15, 0.2) is 78.9 Å². The molecule has 0 bridgehead atoms. The van der Waals surface area contributed by atoms with Crippen LogP contribution < -0.4 is 20.1 Å². The molecule has 5 nitrogen and oxygen atoms in total. The fourth-order valence-corrected chi connectivity index (χ4v) is 2.75. The van der Waals surface area contributed by atoms with Crippen molar-refractivity contribution in [3.63, 3.8) is 0 Å². The van der Waals surface area contributed by atoms with Gasteiger partial charge < -0.3 is 20.1 Å². The Morgan fingerprint density at radius 3 is 2.07 bits per heavy atom. The lowest BCUT2D eigenvalue weighted by molar-refractivity contribution is -0.115. The van der Waals surface area contributed by atoms with Crippen molar-refractivity contribution in [2.45, 2.75) is 20.0 Å². The van der Waals surface area contributed by atoms with Crippen LogP contribution in [0.5, 0.6) is 11.5 Å². The summed E-state index contributed by atoms with van der Waals surface area (Å²) in [5.41, 5.74) is 2.83. The average molecular weight is 390 g/mol. The van der Waals surface area contributed by atoms with E-state index >= 15 is 0 Å². The Hall–Kier alpha value is -3.47. The van der Waals surface area contributed by atoms with Crippen molar-refractivity contribution in [2.24, 2.45) is 0 Å². The molecule has 0 atom stereocenters. The van der Waals surface area contributed by atoms with Gasteiger partial charge in [0.05, 0.1) is 6.61 Å². The van der Waals surface area contributed by atoms with E-state index in [1.807, 2.05) is 85.8 Å². The van der Waals surface area contributed by atoms with E-state index in [1.165, 1.54) is 0 Å². The summed E-state index contributed by atoms with van der Waals surface area (Å²) in [6.07, 6.45) is 0.374. The summed E-state index contributed by atoms with van der Waals surface area (Å²) < 4.78 is 11.2. The Balaban J connectivity index is 1.38. The van der Waals surface area contributed by atoms with Crippen LogP contribution in [-0.2, 0) is 11.4 Å². The fourth-order valence-electron chi connectivity index (χ4n) is 2.75. The van der Waals surface area contributed by atoms with Crippen LogP contribution in [0.4, 0.5) is 11.4 Å². The van der Waals surface area contributed by atoms with Gasteiger partial charge in [-0.05, 0) is 61.0 Å². The van der Waals surface area contributed by atoms with Crippen LogP contribution in [0, 0.1) is 0 Å². The molecule has 3 aromatic carbocycles. The Labute approximate surface area is 171 Å². The molecule has 1 amide bonds. The van der Waals surface area contributed by atoms with Gasteiger partial charge in [0.2, 0.25) is 5.91 Å². The maximum atomic E-state index is 12.1. The molecule has 0 aliphatic rings. The number of hydrogen-bond acceptors (Lipinski definition) is 4. The molecule has 0 unspecified atom stereocenters. The van der Waals surface area contributed by atoms with Crippen LogP contribution in [0.2, 0.25) is 0 Å². The zero-order chi connectivity index (χ0) is 20.3. The number of carbonyl (C=O) groups is 1. The first kappa shape index (κ1) is 20.3. The summed E-state index contributed by atoms with van der Waals surface area (Å²) >= 11 is 0. The third-order valence-electron chi connectivity index (χ3n) is 4.23. The van der Waals surface area contributed by atoms with Crippen LogP contribution in [0.3, 0.4) is 0 Å². The third kappa shape index (κ3) is 6.88. The summed E-state index contributed by atoms with van der Waals surface area (Å²) in [5, 5.41) is 6.14. The second kappa shape index (κ2) is 10.8. The standard InChI is InChI=1S/C24H26N2O3/c1-2-28-22-12-8-20(9-13-22)25-17-16-24(27)26-21-10-14-23(15-11-21)29-18-19-6-4-3-5-7-19/h3-15,25H,2,16-18H2,1H3,(H,26,27). The van der Waals surface area contributed by atoms with Gasteiger partial charge in [-0.25, -0.2) is 0 Å². The lowest BCUT2D eigenvalue weighted by atomic mass is 10.2. The van der Waals surface area contributed by atoms with Crippen molar-refractivity contribution >= 4 is 17.3 Å². The Kier molecular flexibility index (Phi) is 7.52. The Bertz CT molecular complexity index is 878. The number of amides is 1. The van der Waals surface area contributed by atoms with Gasteiger partial charge in [0, 0.05) is 24.3 Å². The molecule has 3 rings (SSSR count). The predicted molar refractivity (Wildman–Crippen MR) is 117 cm³/mol. The zero-order valence-electron chi connectivity index (χ0n) is 16.6. The first-order valence-electron chi connectivity index (χ1n) is 9.76. The fraction of sp³-hybridized carbons (Fsp3) is 0.208. The molecule has 150 valence electrons. The molecule has 0 aliphatic carbocycles. The second-order valence-corrected chi connectivity index (χ2v) is 6.48. The highest BCUT2D eigenvalue weighted by atomic mass is 16.5. The average Bonchev–Trinajstić information content (AvgIpc) is 2.75. The summed E-state index contributed by atoms with van der Waals surface area (Å²) in [4.78, 5) is 12.1. The third-order valence-corrected chi connectivity index (χ3v) is 4.23. The van der Waals surface area contributed by atoms with Gasteiger partial charge in [-0.2, -0.15) is 0 Å². The lowest BCUT2D eigenvalue weighted by Crippen LogP contribution is -2.16. The summed E-state index contributed by atoms with van der Waals surface area (Å²) in [6.45, 7) is 3.67. The molecule has 29 heavy (non-hydrogen) atoms. The first-order chi connectivity index (χ1) is 14.2. The maximum absolute atomic E-state index is 12.1. The highest BCUT2D eigenvalue weighted by Crippen LogP contribution is 2.18. The number of hydrogen-bond donors (Lipinski definition) is 2. The molecule has 0 saturated heterocycles. The SMILES string of the molecule is CCOc1ccc(NCCC(=O)Nc2ccc(OCc3ccccc3)cc2)cc1. The number of carbonyl (C=O) groups excluding carboxylic acids is 1. The molecular weight excluding hydrogens is 364 g/mol. The minimum atomic E-state index is -0.0404. The van der Waals surface area contributed by atoms with Crippen LogP contribution in [0.25, 0.3) is 0 Å². The maximum Gasteiger partial charge on any atom is 0.226 e. The van der Waals surface area contributed by atoms with Crippen molar-refractivity contribution < 1.29 is 14.3 Å². The van der Waals surface area contributed by atoms with Gasteiger partial charge in [-0.1, -0.05) is 30.3 Å². The Morgan fingerprint density at radius 1 is 0.793 bits per heavy atom. The predicted octanol–water partition coefficient (Wildman–Crippen LogP) is 5.11. The van der Waals surface area contributed by atoms with Crippen LogP contribution in [-0.4, -0.2) is 19.1 Å². The minimum Gasteiger partial charge on any atom is -0.494 e. The number of anilines is 2. The van der Waals surface area contributed by atoms with Crippen LogP contribution >= 0.6 is 0 Å². The second-order valence-electron chi connectivity index (χ2n) is 6.48. The molecule has 5 heteroatoms. The quantitative estimate of drug-likeness (QED) is 0.505. The van der Waals surface area contributed by atoms with Crippen molar-refractivity contribution in [3.8, 4) is 11.5 Å². The van der Waals surface area contributed by atoms with E-state index in [1.54, 1.807) is 0 Å². The van der Waals surface area contributed by atoms with Gasteiger partial charge in [0.15, 0.2) is 0 Å². The summed E-state index contributed by atoms with van der Waals surface area (Å²) in [7, 11) is 0. The lowest BCUT2D eigenvalue weighted by Gasteiger charge is -2.10. The normalized spacial score (nSPS) is 10.2. The van der Waals surface area contributed by atoms with E-state index < -0.39 is 0 Å². The summed E-state index contributed by atoms with van der Waals surface area (Å²) in [6, 6.07) is 25.1. The van der Waals surface area contributed by atoms with E-state index in [9.17, 15) is 4.79 Å². The molecule has 0 saturated carbocycles. The van der Waals surface area contributed by atoms with Crippen LogP contribution in [0.1, 0.15) is 18.9 Å². The number of ether oxygens (including phenoxy) is 2. The zero-order valence-corrected chi connectivity index (χ0v) is 16.6. The van der Waals surface area contributed by atoms with Gasteiger partial charge in [0.1, 0.15) is 18.1 Å². The molecule has 0 aromatic heterocycles. The van der Waals surface area contributed by atoms with E-state index in [2.05, 4.69) is 10.6 Å². The highest BCUT2D eigenvalue weighted by Gasteiger charge is 2.03. The Morgan fingerprint density at radius 2 is 1.41 bits per heavy atom. The summed E-state index contributed by atoms with van der Waals surface area (Å²) in [5.74, 6) is 1.57. The van der Waals surface area contributed by atoms with E-state index in [0.29, 0.717) is 26.2 Å². The van der Waals surface area contributed by atoms with Crippen molar-refractivity contribution in [2.75, 3.05) is 23.8 Å². The minimum absolute atomic E-state index is 0.0404. The largest absolute Gasteiger partial charge is 0.494 e. The van der Waals surface area contributed by atoms with Gasteiger partial charge in [-0.3, -0.25) is 4.79 Å².